The van der Waals surface area contributed by atoms with Gasteiger partial charge in [-0.15, -0.1) is 0 Å². The quantitative estimate of drug-likeness (QED) is 0.407. The fourth-order valence-corrected chi connectivity index (χ4v) is 4.43. The van der Waals surface area contributed by atoms with E-state index in [1.54, 1.807) is 32.4 Å². The molecule has 3 aromatic heterocycles. The molecule has 37 heavy (non-hydrogen) atoms. The van der Waals surface area contributed by atoms with Crippen molar-refractivity contribution in [3.63, 3.8) is 0 Å². The second-order valence-corrected chi connectivity index (χ2v) is 9.06. The van der Waals surface area contributed by atoms with Crippen LogP contribution in [-0.4, -0.2) is 61.2 Å². The van der Waals surface area contributed by atoms with Crippen LogP contribution in [0.15, 0.2) is 53.2 Å². The van der Waals surface area contributed by atoms with Crippen molar-refractivity contribution in [2.24, 2.45) is 0 Å². The topological polar surface area (TPSA) is 114 Å². The third-order valence-corrected chi connectivity index (χ3v) is 6.40. The van der Waals surface area contributed by atoms with Crippen molar-refractivity contribution in [1.82, 2.24) is 14.9 Å². The summed E-state index contributed by atoms with van der Waals surface area (Å²) in [6.07, 6.45) is 5.04. The van der Waals surface area contributed by atoms with E-state index < -0.39 is 0 Å². The second kappa shape index (κ2) is 10.3. The first-order chi connectivity index (χ1) is 18.0. The van der Waals surface area contributed by atoms with Gasteiger partial charge in [-0.3, -0.25) is 9.78 Å². The smallest absolute Gasteiger partial charge is 0.255 e. The molecule has 0 aliphatic carbocycles. The molecule has 1 amide bonds. The van der Waals surface area contributed by atoms with Crippen molar-refractivity contribution in [3.8, 4) is 34.4 Å². The lowest BCUT2D eigenvalue weighted by Crippen LogP contribution is -2.28. The van der Waals surface area contributed by atoms with Crippen molar-refractivity contribution in [1.29, 1.82) is 5.26 Å². The number of nitriles is 1. The number of nitrogens with zero attached hydrogens (tertiary/aromatic N) is 4. The Bertz CT molecular complexity index is 1500. The first-order valence-corrected chi connectivity index (χ1v) is 12.0. The number of carbonyl (C=O) groups is 1. The van der Waals surface area contributed by atoms with Crippen molar-refractivity contribution in [3.05, 3.63) is 59.9 Å². The Balaban J connectivity index is 1.51. The van der Waals surface area contributed by atoms with Gasteiger partial charge in [0.25, 0.3) is 5.91 Å². The van der Waals surface area contributed by atoms with E-state index in [4.69, 9.17) is 13.9 Å². The zero-order chi connectivity index (χ0) is 25.9. The minimum Gasteiger partial charge on any atom is -0.494 e. The van der Waals surface area contributed by atoms with Crippen LogP contribution in [0.1, 0.15) is 28.8 Å². The standard InChI is InChI=1S/C28H27N5O4/c1-33(2)28(34)19-13-24(35-3)26(31-16-19)25-14-23-27(37-25)21(6-9-30-23)17-4-5-22(18(12-17)15-29)32-20-7-10-36-11-8-20/h4-6,9,12-14,16,20,32H,7-8,10-11H2,1-3H3. The molecular formula is C28H27N5O4. The number of pyridine rings is 2. The molecule has 1 aromatic carbocycles. The van der Waals surface area contributed by atoms with Crippen molar-refractivity contribution < 1.29 is 18.7 Å². The molecule has 5 rings (SSSR count). The Morgan fingerprint density at radius 1 is 1.16 bits per heavy atom. The van der Waals surface area contributed by atoms with Gasteiger partial charge < -0.3 is 24.1 Å². The molecule has 1 saturated heterocycles. The molecule has 9 nitrogen and oxygen atoms in total. The summed E-state index contributed by atoms with van der Waals surface area (Å²) in [5.41, 5.74) is 5.12. The van der Waals surface area contributed by atoms with Crippen LogP contribution < -0.4 is 10.1 Å². The van der Waals surface area contributed by atoms with Gasteiger partial charge in [-0.25, -0.2) is 4.98 Å². The number of anilines is 1. The number of carbonyl (C=O) groups excluding carboxylic acids is 1. The summed E-state index contributed by atoms with van der Waals surface area (Å²) in [5, 5.41) is 13.3. The van der Waals surface area contributed by atoms with E-state index in [0.29, 0.717) is 39.4 Å². The Kier molecular flexibility index (Phi) is 6.75. The normalized spacial score (nSPS) is 13.8. The van der Waals surface area contributed by atoms with Gasteiger partial charge in [-0.2, -0.15) is 5.26 Å². The molecule has 188 valence electrons. The van der Waals surface area contributed by atoms with Crippen LogP contribution in [0.2, 0.25) is 0 Å². The van der Waals surface area contributed by atoms with Gasteiger partial charge in [0.1, 0.15) is 23.0 Å². The van der Waals surface area contributed by atoms with Crippen LogP contribution in [0, 0.1) is 11.3 Å². The van der Waals surface area contributed by atoms with Gasteiger partial charge in [0, 0.05) is 57.4 Å². The number of ether oxygens (including phenoxy) is 2. The highest BCUT2D eigenvalue weighted by Gasteiger charge is 2.20. The maximum atomic E-state index is 12.4. The highest BCUT2D eigenvalue weighted by Crippen LogP contribution is 2.37. The Morgan fingerprint density at radius 2 is 1.97 bits per heavy atom. The van der Waals surface area contributed by atoms with E-state index in [1.807, 2.05) is 24.3 Å². The zero-order valence-electron chi connectivity index (χ0n) is 20.9. The molecule has 0 bridgehead atoms. The maximum absolute atomic E-state index is 12.4. The number of fused-ring (bicyclic) bond motifs is 1. The average Bonchev–Trinajstić information content (AvgIpc) is 3.37. The van der Waals surface area contributed by atoms with E-state index in [9.17, 15) is 10.1 Å². The number of hydrogen-bond acceptors (Lipinski definition) is 8. The van der Waals surface area contributed by atoms with Gasteiger partial charge in [-0.1, -0.05) is 6.07 Å². The predicted octanol–water partition coefficient (Wildman–Crippen LogP) is 4.73. The molecule has 0 radical (unpaired) electrons. The van der Waals surface area contributed by atoms with Gasteiger partial charge in [0.15, 0.2) is 11.3 Å². The molecule has 1 N–H and O–H groups in total. The molecule has 9 heteroatoms. The van der Waals surface area contributed by atoms with E-state index in [-0.39, 0.29) is 11.9 Å². The van der Waals surface area contributed by atoms with Crippen LogP contribution in [0.3, 0.4) is 0 Å². The van der Waals surface area contributed by atoms with Gasteiger partial charge >= 0.3 is 0 Å². The molecule has 4 heterocycles. The third-order valence-electron chi connectivity index (χ3n) is 6.40. The van der Waals surface area contributed by atoms with Gasteiger partial charge in [0.05, 0.1) is 23.9 Å². The molecule has 0 spiro atoms. The largest absolute Gasteiger partial charge is 0.494 e. The van der Waals surface area contributed by atoms with Crippen molar-refractivity contribution in [2.75, 3.05) is 39.7 Å². The van der Waals surface area contributed by atoms with Gasteiger partial charge in [0.2, 0.25) is 0 Å². The number of hydrogen-bond donors (Lipinski definition) is 1. The number of furan rings is 1. The van der Waals surface area contributed by atoms with Crippen molar-refractivity contribution in [2.45, 2.75) is 18.9 Å². The summed E-state index contributed by atoms with van der Waals surface area (Å²) in [4.78, 5) is 22.8. The zero-order valence-corrected chi connectivity index (χ0v) is 20.9. The number of methoxy groups -OCH3 is 1. The first-order valence-electron chi connectivity index (χ1n) is 12.0. The molecule has 4 aromatic rings. The summed E-state index contributed by atoms with van der Waals surface area (Å²) >= 11 is 0. The van der Waals surface area contributed by atoms with E-state index in [2.05, 4.69) is 21.4 Å². The maximum Gasteiger partial charge on any atom is 0.255 e. The lowest BCUT2D eigenvalue weighted by Gasteiger charge is -2.24. The van der Waals surface area contributed by atoms with E-state index in [1.165, 1.54) is 18.2 Å². The monoisotopic (exact) mass is 497 g/mol. The minimum absolute atomic E-state index is 0.172. The summed E-state index contributed by atoms with van der Waals surface area (Å²) in [6.45, 7) is 1.45. The molecule has 0 saturated carbocycles. The van der Waals surface area contributed by atoms with Crippen LogP contribution in [0.5, 0.6) is 5.75 Å². The summed E-state index contributed by atoms with van der Waals surface area (Å²) in [5.74, 6) is 0.714. The molecule has 1 aliphatic heterocycles. The Morgan fingerprint density at radius 3 is 2.70 bits per heavy atom. The molecule has 0 atom stereocenters. The predicted molar refractivity (Wildman–Crippen MR) is 139 cm³/mol. The van der Waals surface area contributed by atoms with Crippen molar-refractivity contribution >= 4 is 22.7 Å². The van der Waals surface area contributed by atoms with Crippen LogP contribution in [0.25, 0.3) is 33.7 Å². The van der Waals surface area contributed by atoms with Crippen LogP contribution >= 0.6 is 0 Å². The summed E-state index contributed by atoms with van der Waals surface area (Å²) in [6, 6.07) is 13.7. The first kappa shape index (κ1) is 24.3. The number of benzene rings is 1. The van der Waals surface area contributed by atoms with E-state index in [0.717, 1.165) is 42.9 Å². The highest BCUT2D eigenvalue weighted by molar-refractivity contribution is 5.95. The average molecular weight is 498 g/mol. The molecule has 1 aliphatic rings. The fourth-order valence-electron chi connectivity index (χ4n) is 4.43. The summed E-state index contributed by atoms with van der Waals surface area (Å²) in [7, 11) is 4.89. The Labute approximate surface area is 214 Å². The van der Waals surface area contributed by atoms with E-state index >= 15 is 0 Å². The van der Waals surface area contributed by atoms with Crippen LogP contribution in [0.4, 0.5) is 5.69 Å². The van der Waals surface area contributed by atoms with Crippen LogP contribution in [-0.2, 0) is 4.74 Å². The summed E-state index contributed by atoms with van der Waals surface area (Å²) < 4.78 is 17.2. The number of aromatic nitrogens is 2. The number of rotatable bonds is 6. The lowest BCUT2D eigenvalue weighted by atomic mass is 10.0. The SMILES string of the molecule is COc1cc(C(=O)N(C)C)cnc1-c1cc2nccc(-c3ccc(NC4CCOCC4)c(C#N)c3)c2o1. The minimum atomic E-state index is -0.172. The van der Waals surface area contributed by atoms with Gasteiger partial charge in [-0.05, 0) is 42.7 Å². The number of amides is 1. The number of nitrogens with one attached hydrogen (secondary N) is 1. The molecular weight excluding hydrogens is 470 g/mol. The highest BCUT2D eigenvalue weighted by atomic mass is 16.5. The second-order valence-electron chi connectivity index (χ2n) is 9.06. The lowest BCUT2D eigenvalue weighted by molar-refractivity contribution is 0.0826. The molecule has 0 unspecified atom stereocenters. The third kappa shape index (κ3) is 4.84. The molecule has 1 fully saturated rings. The fraction of sp³-hybridized carbons (Fsp3) is 0.286. The Hall–Kier alpha value is -4.42.